The fourth-order valence-corrected chi connectivity index (χ4v) is 2.41. The van der Waals surface area contributed by atoms with Crippen molar-refractivity contribution in [3.8, 4) is 0 Å². The summed E-state index contributed by atoms with van der Waals surface area (Å²) in [6, 6.07) is 0. The van der Waals surface area contributed by atoms with Crippen molar-refractivity contribution in [1.82, 2.24) is 4.98 Å². The van der Waals surface area contributed by atoms with Gasteiger partial charge >= 0.3 is 0 Å². The van der Waals surface area contributed by atoms with Gasteiger partial charge in [0.2, 0.25) is 0 Å². The molecule has 1 saturated heterocycles. The summed E-state index contributed by atoms with van der Waals surface area (Å²) in [5.41, 5.74) is 6.48. The van der Waals surface area contributed by atoms with Gasteiger partial charge < -0.3 is 10.5 Å². The Labute approximate surface area is 81.9 Å². The van der Waals surface area contributed by atoms with E-state index in [0.29, 0.717) is 12.6 Å². The third kappa shape index (κ3) is 2.27. The molecule has 72 valence electrons. The van der Waals surface area contributed by atoms with Gasteiger partial charge in [0.05, 0.1) is 16.8 Å². The molecule has 1 aliphatic heterocycles. The van der Waals surface area contributed by atoms with Crippen LogP contribution in [-0.2, 0) is 17.7 Å². The van der Waals surface area contributed by atoms with Crippen molar-refractivity contribution < 1.29 is 4.74 Å². The van der Waals surface area contributed by atoms with E-state index >= 15 is 0 Å². The highest BCUT2D eigenvalue weighted by molar-refractivity contribution is 7.09. The molecule has 13 heavy (non-hydrogen) atoms. The number of hydrogen-bond acceptors (Lipinski definition) is 4. The highest BCUT2D eigenvalue weighted by Gasteiger charge is 2.17. The summed E-state index contributed by atoms with van der Waals surface area (Å²) in [7, 11) is 0. The van der Waals surface area contributed by atoms with E-state index in [1.165, 1.54) is 12.8 Å². The molecule has 0 aromatic carbocycles. The second kappa shape index (κ2) is 4.17. The first-order valence-electron chi connectivity index (χ1n) is 4.63. The van der Waals surface area contributed by atoms with Gasteiger partial charge in [0.15, 0.2) is 0 Å². The number of hydrogen-bond donors (Lipinski definition) is 1. The van der Waals surface area contributed by atoms with Gasteiger partial charge in [0.1, 0.15) is 0 Å². The fourth-order valence-electron chi connectivity index (χ4n) is 1.54. The molecule has 2 heterocycles. The maximum Gasteiger partial charge on any atom is 0.0954 e. The normalized spacial score (nSPS) is 22.4. The Morgan fingerprint density at radius 1 is 1.69 bits per heavy atom. The molecule has 1 aromatic rings. The molecule has 0 spiro atoms. The largest absolute Gasteiger partial charge is 0.378 e. The Kier molecular flexibility index (Phi) is 2.93. The van der Waals surface area contributed by atoms with Gasteiger partial charge in [0.25, 0.3) is 0 Å². The first-order chi connectivity index (χ1) is 6.38. The van der Waals surface area contributed by atoms with E-state index < -0.39 is 0 Å². The molecular weight excluding hydrogens is 184 g/mol. The van der Waals surface area contributed by atoms with E-state index in [1.807, 2.05) is 5.38 Å². The fraction of sp³-hybridized carbons (Fsp3) is 0.667. The van der Waals surface area contributed by atoms with Gasteiger partial charge in [-0.3, -0.25) is 0 Å². The molecule has 1 aliphatic rings. The summed E-state index contributed by atoms with van der Waals surface area (Å²) >= 11 is 1.69. The highest BCUT2D eigenvalue weighted by Crippen LogP contribution is 2.19. The summed E-state index contributed by atoms with van der Waals surface area (Å²) in [5, 5.41) is 3.19. The molecule has 1 aromatic heterocycles. The van der Waals surface area contributed by atoms with Crippen molar-refractivity contribution in [3.63, 3.8) is 0 Å². The van der Waals surface area contributed by atoms with Crippen molar-refractivity contribution in [2.24, 2.45) is 5.73 Å². The van der Waals surface area contributed by atoms with Crippen molar-refractivity contribution in [2.45, 2.75) is 31.9 Å². The monoisotopic (exact) mass is 198 g/mol. The minimum absolute atomic E-state index is 0.400. The molecule has 2 N–H and O–H groups in total. The van der Waals surface area contributed by atoms with Gasteiger partial charge in [-0.1, -0.05) is 0 Å². The average Bonchev–Trinajstić information content (AvgIpc) is 2.76. The van der Waals surface area contributed by atoms with E-state index in [0.717, 1.165) is 23.7 Å². The minimum atomic E-state index is 0.400. The van der Waals surface area contributed by atoms with E-state index in [4.69, 9.17) is 10.5 Å². The zero-order valence-electron chi connectivity index (χ0n) is 7.53. The number of aromatic nitrogens is 1. The maximum absolute atomic E-state index is 5.54. The SMILES string of the molecule is NCc1csc(CC2CCCO2)n1. The van der Waals surface area contributed by atoms with E-state index in [-0.39, 0.29) is 0 Å². The second-order valence-corrected chi connectivity index (χ2v) is 4.22. The number of nitrogens with zero attached hydrogens (tertiary/aromatic N) is 1. The quantitative estimate of drug-likeness (QED) is 0.797. The molecule has 0 aliphatic carbocycles. The standard InChI is InChI=1S/C9H14N2OS/c10-5-7-6-13-9(11-7)4-8-2-1-3-12-8/h6,8H,1-5,10H2. The van der Waals surface area contributed by atoms with Crippen molar-refractivity contribution in [3.05, 3.63) is 16.1 Å². The lowest BCUT2D eigenvalue weighted by Crippen LogP contribution is -2.08. The zero-order chi connectivity index (χ0) is 9.10. The molecule has 1 fully saturated rings. The predicted molar refractivity (Wildman–Crippen MR) is 52.7 cm³/mol. The molecule has 1 atom stereocenters. The van der Waals surface area contributed by atoms with Crippen LogP contribution in [0.4, 0.5) is 0 Å². The average molecular weight is 198 g/mol. The smallest absolute Gasteiger partial charge is 0.0954 e. The van der Waals surface area contributed by atoms with E-state index in [1.54, 1.807) is 11.3 Å². The first-order valence-corrected chi connectivity index (χ1v) is 5.51. The lowest BCUT2D eigenvalue weighted by atomic mass is 10.2. The summed E-state index contributed by atoms with van der Waals surface area (Å²) in [5.74, 6) is 0. The molecule has 2 rings (SSSR count). The van der Waals surface area contributed by atoms with Crippen LogP contribution in [0.15, 0.2) is 5.38 Å². The molecule has 0 bridgehead atoms. The summed E-state index contributed by atoms with van der Waals surface area (Å²) in [6.07, 6.45) is 3.74. The van der Waals surface area contributed by atoms with Crippen molar-refractivity contribution in [1.29, 1.82) is 0 Å². The van der Waals surface area contributed by atoms with Gasteiger partial charge in [-0.25, -0.2) is 4.98 Å². The molecular formula is C9H14N2OS. The Morgan fingerprint density at radius 3 is 3.23 bits per heavy atom. The molecule has 0 amide bonds. The Hall–Kier alpha value is -0.450. The number of thiazole rings is 1. The van der Waals surface area contributed by atoms with Crippen molar-refractivity contribution in [2.75, 3.05) is 6.61 Å². The van der Waals surface area contributed by atoms with Crippen molar-refractivity contribution >= 4 is 11.3 Å². The van der Waals surface area contributed by atoms with E-state index in [9.17, 15) is 0 Å². The van der Waals surface area contributed by atoms with Gasteiger partial charge in [-0.15, -0.1) is 11.3 Å². The molecule has 1 unspecified atom stereocenters. The Balaban J connectivity index is 1.92. The lowest BCUT2D eigenvalue weighted by Gasteiger charge is -2.05. The Morgan fingerprint density at radius 2 is 2.62 bits per heavy atom. The van der Waals surface area contributed by atoms with Crippen LogP contribution in [0.5, 0.6) is 0 Å². The van der Waals surface area contributed by atoms with E-state index in [2.05, 4.69) is 4.98 Å². The third-order valence-electron chi connectivity index (χ3n) is 2.23. The highest BCUT2D eigenvalue weighted by atomic mass is 32.1. The first kappa shape index (κ1) is 9.12. The van der Waals surface area contributed by atoms with Gasteiger partial charge in [0, 0.05) is 25.0 Å². The number of nitrogens with two attached hydrogens (primary N) is 1. The van der Waals surface area contributed by atoms with Crippen LogP contribution in [-0.4, -0.2) is 17.7 Å². The molecule has 3 nitrogen and oxygen atoms in total. The van der Waals surface area contributed by atoms with Gasteiger partial charge in [-0.2, -0.15) is 0 Å². The van der Waals surface area contributed by atoms with Crippen LogP contribution in [0, 0.1) is 0 Å². The zero-order valence-corrected chi connectivity index (χ0v) is 8.35. The maximum atomic E-state index is 5.54. The molecule has 0 saturated carbocycles. The number of ether oxygens (including phenoxy) is 1. The molecule has 0 radical (unpaired) electrons. The topological polar surface area (TPSA) is 48.1 Å². The second-order valence-electron chi connectivity index (χ2n) is 3.28. The summed E-state index contributed by atoms with van der Waals surface area (Å²) in [4.78, 5) is 4.41. The predicted octanol–water partition coefficient (Wildman–Crippen LogP) is 1.32. The minimum Gasteiger partial charge on any atom is -0.378 e. The molecule has 4 heteroatoms. The summed E-state index contributed by atoms with van der Waals surface area (Å²) < 4.78 is 5.54. The van der Waals surface area contributed by atoms with Gasteiger partial charge in [-0.05, 0) is 12.8 Å². The van der Waals surface area contributed by atoms with Crippen LogP contribution >= 0.6 is 11.3 Å². The van der Waals surface area contributed by atoms with Crippen LogP contribution < -0.4 is 5.73 Å². The summed E-state index contributed by atoms with van der Waals surface area (Å²) in [6.45, 7) is 1.46. The lowest BCUT2D eigenvalue weighted by molar-refractivity contribution is 0.111. The third-order valence-corrected chi connectivity index (χ3v) is 3.15. The van der Waals surface area contributed by atoms with Crippen LogP contribution in [0.1, 0.15) is 23.5 Å². The van der Waals surface area contributed by atoms with Crippen LogP contribution in [0.2, 0.25) is 0 Å². The van der Waals surface area contributed by atoms with Crippen LogP contribution in [0.25, 0.3) is 0 Å². The Bertz CT molecular complexity index is 268. The van der Waals surface area contributed by atoms with Crippen LogP contribution in [0.3, 0.4) is 0 Å². The number of rotatable bonds is 3.